The van der Waals surface area contributed by atoms with Crippen LogP contribution < -0.4 is 26.6 Å². The van der Waals surface area contributed by atoms with Crippen molar-refractivity contribution in [3.63, 3.8) is 0 Å². The largest absolute Gasteiger partial charge is 0.359 e. The minimum Gasteiger partial charge on any atom is -0.359 e. The monoisotopic (exact) mass is 581 g/mol. The molecule has 0 spiro atoms. The predicted octanol–water partition coefficient (Wildman–Crippen LogP) is 5.41. The quantitative estimate of drug-likeness (QED) is 0.221. The van der Waals surface area contributed by atoms with Crippen molar-refractivity contribution in [1.29, 1.82) is 0 Å². The summed E-state index contributed by atoms with van der Waals surface area (Å²) in [6.07, 6.45) is 3.64. The zero-order valence-electron chi connectivity index (χ0n) is 23.8. The summed E-state index contributed by atoms with van der Waals surface area (Å²) >= 11 is 0. The molecule has 1 atom stereocenters. The van der Waals surface area contributed by atoms with Gasteiger partial charge in [0, 0.05) is 40.7 Å². The predicted molar refractivity (Wildman–Crippen MR) is 163 cm³/mol. The van der Waals surface area contributed by atoms with Crippen molar-refractivity contribution in [2.45, 2.75) is 52.9 Å². The number of carbonyl (C=O) groups is 3. The molecule has 2 aliphatic rings. The number of piperidine rings is 1. The SMILES string of the molecule is Cc1[nH]c(C=C2C(=O)Nc3cc(NC(=O)Nc4cc(C(C)(C)C)on4)ccc32)c(C)c1NC(=O)C1CCCNC1.Cl. The van der Waals surface area contributed by atoms with Crippen molar-refractivity contribution in [1.82, 2.24) is 15.5 Å². The molecule has 6 N–H and O–H groups in total. The van der Waals surface area contributed by atoms with Crippen molar-refractivity contribution < 1.29 is 18.9 Å². The van der Waals surface area contributed by atoms with E-state index in [-0.39, 0.29) is 35.6 Å². The Morgan fingerprint density at radius 3 is 2.59 bits per heavy atom. The number of hydrogen-bond acceptors (Lipinski definition) is 6. The summed E-state index contributed by atoms with van der Waals surface area (Å²) in [4.78, 5) is 41.5. The molecule has 0 bridgehead atoms. The minimum atomic E-state index is -0.482. The molecule has 12 heteroatoms. The molecule has 5 rings (SSSR count). The molecule has 1 fully saturated rings. The van der Waals surface area contributed by atoms with Crippen LogP contribution in [0.1, 0.15) is 61.9 Å². The summed E-state index contributed by atoms with van der Waals surface area (Å²) in [5.41, 5.74) is 5.25. The molecule has 1 saturated heterocycles. The van der Waals surface area contributed by atoms with Gasteiger partial charge in [0.1, 0.15) is 5.76 Å². The molecule has 1 aromatic carbocycles. The van der Waals surface area contributed by atoms with Crippen molar-refractivity contribution in [3.05, 3.63) is 52.5 Å². The van der Waals surface area contributed by atoms with Gasteiger partial charge >= 0.3 is 6.03 Å². The van der Waals surface area contributed by atoms with Crippen molar-refractivity contribution >= 4 is 64.8 Å². The van der Waals surface area contributed by atoms with Gasteiger partial charge in [0.05, 0.1) is 22.9 Å². The molecule has 4 amide bonds. The number of amides is 4. The van der Waals surface area contributed by atoms with Gasteiger partial charge in [-0.2, -0.15) is 0 Å². The highest BCUT2D eigenvalue weighted by atomic mass is 35.5. The molecule has 2 aromatic heterocycles. The van der Waals surface area contributed by atoms with E-state index in [1.807, 2.05) is 34.6 Å². The number of H-pyrrole nitrogens is 1. The van der Waals surface area contributed by atoms with Crippen LogP contribution in [0.2, 0.25) is 0 Å². The first-order chi connectivity index (χ1) is 19.0. The lowest BCUT2D eigenvalue weighted by Crippen LogP contribution is -2.37. The number of nitrogens with one attached hydrogen (secondary N) is 6. The lowest BCUT2D eigenvalue weighted by Gasteiger charge is -2.22. The molecular weight excluding hydrogens is 546 g/mol. The molecule has 3 aromatic rings. The Bertz CT molecular complexity index is 1510. The Balaban J connectivity index is 0.00000387. The summed E-state index contributed by atoms with van der Waals surface area (Å²) in [5, 5.41) is 18.5. The van der Waals surface area contributed by atoms with Crippen molar-refractivity contribution in [2.24, 2.45) is 5.92 Å². The third-order valence-electron chi connectivity index (χ3n) is 7.23. The first-order valence-electron chi connectivity index (χ1n) is 13.4. The maximum atomic E-state index is 12.9. The Morgan fingerprint density at radius 1 is 1.12 bits per heavy atom. The lowest BCUT2D eigenvalue weighted by molar-refractivity contribution is -0.120. The van der Waals surface area contributed by atoms with Crippen LogP contribution in [-0.4, -0.2) is 41.1 Å². The highest BCUT2D eigenvalue weighted by Gasteiger charge is 2.27. The standard InChI is InChI=1S/C29H35N7O4.ClH/c1-15-21(31-16(2)25(15)35-26(37)17-7-6-10-30-14-17)12-20-19-9-8-18(11-22(19)33-27(20)38)32-28(39)34-24-13-23(40-36-24)29(3,4)5;/h8-9,11-13,17,30-31H,6-7,10,14H2,1-5H3,(H,33,38)(H,35,37)(H2,32,34,36,39);1H. The summed E-state index contributed by atoms with van der Waals surface area (Å²) in [6, 6.07) is 6.42. The van der Waals surface area contributed by atoms with E-state index in [0.29, 0.717) is 40.6 Å². The Kier molecular flexibility index (Phi) is 8.60. The number of nitrogens with zero attached hydrogens (tertiary/aromatic N) is 1. The number of benzene rings is 1. The summed E-state index contributed by atoms with van der Waals surface area (Å²) in [5.74, 6) is 0.663. The van der Waals surface area contributed by atoms with E-state index in [0.717, 1.165) is 42.0 Å². The fraction of sp³-hybridized carbons (Fsp3) is 0.379. The summed E-state index contributed by atoms with van der Waals surface area (Å²) in [7, 11) is 0. The van der Waals surface area contributed by atoms with Crippen LogP contribution in [0.15, 0.2) is 28.8 Å². The number of aryl methyl sites for hydroxylation is 1. The highest BCUT2D eigenvalue weighted by Crippen LogP contribution is 2.36. The third-order valence-corrected chi connectivity index (χ3v) is 7.23. The van der Waals surface area contributed by atoms with Gasteiger partial charge < -0.3 is 30.8 Å². The normalized spacial score (nSPS) is 17.4. The van der Waals surface area contributed by atoms with E-state index in [4.69, 9.17) is 4.52 Å². The highest BCUT2D eigenvalue weighted by molar-refractivity contribution is 6.35. The van der Waals surface area contributed by atoms with Crippen LogP contribution in [0.4, 0.5) is 27.7 Å². The summed E-state index contributed by atoms with van der Waals surface area (Å²) in [6.45, 7) is 11.4. The van der Waals surface area contributed by atoms with Crippen LogP contribution >= 0.6 is 12.4 Å². The number of hydrogen-bond donors (Lipinski definition) is 6. The van der Waals surface area contributed by atoms with E-state index in [1.54, 1.807) is 30.3 Å². The van der Waals surface area contributed by atoms with Crippen LogP contribution in [0.5, 0.6) is 0 Å². The molecule has 218 valence electrons. The zero-order valence-corrected chi connectivity index (χ0v) is 24.6. The molecule has 2 aliphatic heterocycles. The van der Waals surface area contributed by atoms with Crippen LogP contribution in [0.3, 0.4) is 0 Å². The second-order valence-electron chi connectivity index (χ2n) is 11.4. The number of anilines is 4. The molecule has 0 aliphatic carbocycles. The van der Waals surface area contributed by atoms with Crippen LogP contribution in [0, 0.1) is 19.8 Å². The van der Waals surface area contributed by atoms with Gasteiger partial charge in [0.2, 0.25) is 5.91 Å². The number of fused-ring (bicyclic) bond motifs is 1. The van der Waals surface area contributed by atoms with Gasteiger partial charge in [0.15, 0.2) is 5.82 Å². The van der Waals surface area contributed by atoms with Crippen LogP contribution in [0.25, 0.3) is 11.6 Å². The first-order valence-corrected chi connectivity index (χ1v) is 13.4. The number of rotatable bonds is 5. The average molecular weight is 582 g/mol. The fourth-order valence-electron chi connectivity index (χ4n) is 4.93. The lowest BCUT2D eigenvalue weighted by atomic mass is 9.93. The van der Waals surface area contributed by atoms with Gasteiger partial charge in [-0.25, -0.2) is 4.79 Å². The molecule has 1 unspecified atom stereocenters. The second-order valence-corrected chi connectivity index (χ2v) is 11.4. The van der Waals surface area contributed by atoms with Gasteiger partial charge in [-0.05, 0) is 57.0 Å². The smallest absolute Gasteiger partial charge is 0.324 e. The number of halogens is 1. The Morgan fingerprint density at radius 2 is 1.90 bits per heavy atom. The van der Waals surface area contributed by atoms with E-state index in [9.17, 15) is 14.4 Å². The topological polar surface area (TPSA) is 153 Å². The van der Waals surface area contributed by atoms with Gasteiger partial charge in [-0.1, -0.05) is 32.0 Å². The average Bonchev–Trinajstić information content (AvgIpc) is 3.57. The van der Waals surface area contributed by atoms with Crippen molar-refractivity contribution in [2.75, 3.05) is 34.4 Å². The van der Waals surface area contributed by atoms with Crippen molar-refractivity contribution in [3.8, 4) is 0 Å². The molecule has 11 nitrogen and oxygen atoms in total. The number of urea groups is 1. The maximum Gasteiger partial charge on any atom is 0.324 e. The zero-order chi connectivity index (χ0) is 28.6. The molecule has 0 saturated carbocycles. The summed E-state index contributed by atoms with van der Waals surface area (Å²) < 4.78 is 5.30. The molecular formula is C29H36ClN7O4. The van der Waals surface area contributed by atoms with Gasteiger partial charge in [0.25, 0.3) is 5.91 Å². The number of carbonyl (C=O) groups excluding carboxylic acids is 3. The molecule has 41 heavy (non-hydrogen) atoms. The van der Waals surface area contributed by atoms with E-state index in [1.165, 1.54) is 0 Å². The van der Waals surface area contributed by atoms with E-state index >= 15 is 0 Å². The molecule has 0 radical (unpaired) electrons. The maximum absolute atomic E-state index is 12.9. The minimum absolute atomic E-state index is 0. The third kappa shape index (κ3) is 6.47. The van der Waals surface area contributed by atoms with Gasteiger partial charge in [-0.15, -0.1) is 12.4 Å². The Hall–Kier alpha value is -4.09. The first kappa shape index (κ1) is 29.9. The van der Waals surface area contributed by atoms with E-state index < -0.39 is 6.03 Å². The number of aromatic amines is 1. The fourth-order valence-corrected chi connectivity index (χ4v) is 4.93. The van der Waals surface area contributed by atoms with E-state index in [2.05, 4.69) is 36.7 Å². The Labute approximate surface area is 244 Å². The molecule has 4 heterocycles. The second kappa shape index (κ2) is 11.8. The van der Waals surface area contributed by atoms with Crippen LogP contribution in [-0.2, 0) is 15.0 Å². The van der Waals surface area contributed by atoms with Gasteiger partial charge in [-0.3, -0.25) is 14.9 Å². The number of aromatic nitrogens is 2.